The highest BCUT2D eigenvalue weighted by Crippen LogP contribution is 2.55. The lowest BCUT2D eigenvalue weighted by atomic mass is 9.98. The number of benzene rings is 6. The predicted octanol–water partition coefficient (Wildman–Crippen LogP) is 17.0. The molecule has 0 radical (unpaired) electrons. The third kappa shape index (κ3) is 15.6. The van der Waals surface area contributed by atoms with Crippen LogP contribution in [0.1, 0.15) is 114 Å². The number of pyridine rings is 3. The molecule has 708 valence electrons. The van der Waals surface area contributed by atoms with Crippen LogP contribution in [0.2, 0.25) is 15.1 Å². The maximum atomic E-state index is 17.1. The van der Waals surface area contributed by atoms with Gasteiger partial charge in [0.15, 0.2) is 58.1 Å². The van der Waals surface area contributed by atoms with Crippen LogP contribution in [0.25, 0.3) is 83.2 Å². The van der Waals surface area contributed by atoms with Crippen molar-refractivity contribution in [3.05, 3.63) is 244 Å². The van der Waals surface area contributed by atoms with Gasteiger partial charge in [-0.2, -0.15) is 15.0 Å². The molecule has 12 heterocycles. The minimum absolute atomic E-state index is 0.00567. The number of fused-ring (bicyclic) bond motifs is 6. The second-order valence-corrected chi connectivity index (χ2v) is 36.5. The van der Waals surface area contributed by atoms with Crippen molar-refractivity contribution in [3.8, 4) is 73.4 Å². The molecule has 18 rings (SSSR count). The number of carbonyl (C=O) groups excluding carboxylic acids is 3. The molecule has 0 aliphatic carbocycles. The van der Waals surface area contributed by atoms with Gasteiger partial charge in [-0.05, 0) is 149 Å². The van der Waals surface area contributed by atoms with Crippen LogP contribution in [0.4, 0.5) is 68.3 Å². The van der Waals surface area contributed by atoms with E-state index in [0.717, 1.165) is 30.3 Å². The van der Waals surface area contributed by atoms with Crippen LogP contribution in [0.3, 0.4) is 0 Å². The lowest BCUT2D eigenvalue weighted by molar-refractivity contribution is -0.129. The summed E-state index contributed by atoms with van der Waals surface area (Å²) in [6.07, 6.45) is 8.45. The molecule has 3 saturated heterocycles. The number of aryl methyl sites for hydroxylation is 3. The number of hydrogen-bond acceptors (Lipinski definition) is 21. The van der Waals surface area contributed by atoms with E-state index in [2.05, 4.69) is 55.0 Å². The first kappa shape index (κ1) is 95.4. The number of aromatic nitrogens is 9. The first-order chi connectivity index (χ1) is 64.5. The summed E-state index contributed by atoms with van der Waals surface area (Å²) in [6, 6.07) is 7.47. The number of aromatic hydroxyl groups is 3. The zero-order valence-corrected chi connectivity index (χ0v) is 78.0. The lowest BCUT2D eigenvalue weighted by Gasteiger charge is -2.45. The van der Waals surface area contributed by atoms with Gasteiger partial charge in [0, 0.05) is 113 Å². The molecule has 4 N–H and O–H groups in total. The molecule has 27 nitrogen and oxygen atoms in total. The SMILES string of the molecule is C=CC(=O)N1CC2CN(C)c3c(F)c(-c4c(O)ccc(F)c4F)c(Cl)c4c3c(nc(=O)n4-c3c(C)ccnc3C(C)C)N2CC1C.C=CC(=O)N1CC2CNc3c(F)c(-c4c(O)ccc(F)c4F)c(Cl)c4c3c(nc(=O)n4-c3c(C)ccnc3C(C)C)N2CC1C.C=CC(=O)N1CC2COc3c(F)c(-c4c(O)ccc(F)c4F)c(Cl)c4c3c(nc(=O)n4-c3c(C)ccnc3C(C)C)N2CC1C. The smallest absolute Gasteiger partial charge is 0.354 e. The predicted molar refractivity (Wildman–Crippen MR) is 503 cm³/mol. The Morgan fingerprint density at radius 3 is 1.15 bits per heavy atom. The average Bonchev–Trinajstić information content (AvgIpc) is 1.33. The van der Waals surface area contributed by atoms with Gasteiger partial charge in [0.25, 0.3) is 0 Å². The number of amides is 3. The van der Waals surface area contributed by atoms with Gasteiger partial charge in [-0.3, -0.25) is 43.0 Å². The average molecular weight is 1930 g/mol. The van der Waals surface area contributed by atoms with Crippen LogP contribution < -0.4 is 46.7 Å². The number of phenols is 3. The van der Waals surface area contributed by atoms with Crippen LogP contribution in [0.15, 0.2) is 126 Å². The fraction of sp³-hybridized carbons (Fsp3) is 0.320. The number of halogens is 12. The first-order valence-electron chi connectivity index (χ1n) is 43.5. The van der Waals surface area contributed by atoms with Crippen molar-refractivity contribution < 1.29 is 74.0 Å². The third-order valence-electron chi connectivity index (χ3n) is 25.8. The first-order valence-corrected chi connectivity index (χ1v) is 44.6. The van der Waals surface area contributed by atoms with Gasteiger partial charge in [0.2, 0.25) is 17.7 Å². The summed E-state index contributed by atoms with van der Waals surface area (Å²) in [4.78, 5) is 120. The van der Waals surface area contributed by atoms with Crippen molar-refractivity contribution in [1.82, 2.24) is 58.3 Å². The van der Waals surface area contributed by atoms with E-state index in [9.17, 15) is 57.3 Å². The van der Waals surface area contributed by atoms with E-state index >= 15 is 26.3 Å². The number of nitrogens with one attached hydrogen (secondary N) is 1. The summed E-state index contributed by atoms with van der Waals surface area (Å²) < 4.78 is 150. The quantitative estimate of drug-likeness (QED) is 0.0652. The molecule has 3 amide bonds. The number of nitrogens with zero attached hydrogens (tertiary/aromatic N) is 16. The van der Waals surface area contributed by atoms with E-state index in [1.165, 1.54) is 31.9 Å². The van der Waals surface area contributed by atoms with Gasteiger partial charge >= 0.3 is 17.1 Å². The highest BCUT2D eigenvalue weighted by atomic mass is 35.5. The van der Waals surface area contributed by atoms with Crippen LogP contribution in [0, 0.1) is 73.1 Å². The number of carbonyl (C=O) groups is 3. The highest BCUT2D eigenvalue weighted by Gasteiger charge is 2.47. The van der Waals surface area contributed by atoms with Gasteiger partial charge in [0.05, 0.1) is 128 Å². The Balaban J connectivity index is 0.000000148. The number of piperazine rings is 3. The largest absolute Gasteiger partial charge is 0.507 e. The summed E-state index contributed by atoms with van der Waals surface area (Å²) in [7, 11) is 1.62. The number of hydrogen-bond donors (Lipinski definition) is 4. The summed E-state index contributed by atoms with van der Waals surface area (Å²) in [5.41, 5.74) is -2.46. The van der Waals surface area contributed by atoms with E-state index in [0.29, 0.717) is 56.9 Å². The highest BCUT2D eigenvalue weighted by molar-refractivity contribution is 6.41. The topological polar surface area (TPSA) is 299 Å². The van der Waals surface area contributed by atoms with Crippen LogP contribution in [-0.4, -0.2) is 194 Å². The second-order valence-electron chi connectivity index (χ2n) is 35.3. The van der Waals surface area contributed by atoms with Crippen molar-refractivity contribution in [3.63, 3.8) is 0 Å². The molecule has 6 aromatic carbocycles. The Morgan fingerprint density at radius 2 is 0.765 bits per heavy atom. The molecule has 6 aliphatic rings. The normalized spacial score (nSPS) is 17.8. The summed E-state index contributed by atoms with van der Waals surface area (Å²) in [5.74, 6) is -15.6. The van der Waals surface area contributed by atoms with Crippen LogP contribution in [-0.2, 0) is 14.4 Å². The number of likely N-dealkylation sites (N-methyl/N-ethyl adjacent to an activating group) is 1. The molecule has 136 heavy (non-hydrogen) atoms. The number of anilines is 5. The maximum Gasteiger partial charge on any atom is 0.354 e. The Labute approximate surface area is 787 Å². The Bertz CT molecular complexity index is 7050. The summed E-state index contributed by atoms with van der Waals surface area (Å²) in [6.45, 7) is 34.3. The van der Waals surface area contributed by atoms with Gasteiger partial charge in [-0.15, -0.1) is 0 Å². The van der Waals surface area contributed by atoms with E-state index in [-0.39, 0.29) is 174 Å². The Hall–Kier alpha value is -13.7. The molecule has 12 aromatic rings. The molecular weight excluding hydrogens is 1840 g/mol. The van der Waals surface area contributed by atoms with Crippen molar-refractivity contribution >= 4 is 114 Å². The minimum Gasteiger partial charge on any atom is -0.507 e. The maximum absolute atomic E-state index is 17.1. The van der Waals surface area contributed by atoms with Crippen molar-refractivity contribution in [1.29, 1.82) is 0 Å². The monoisotopic (exact) mass is 1930 g/mol. The van der Waals surface area contributed by atoms with Crippen molar-refractivity contribution in [2.45, 2.75) is 137 Å². The Morgan fingerprint density at radius 1 is 0.434 bits per heavy atom. The van der Waals surface area contributed by atoms with E-state index in [4.69, 9.17) is 39.5 Å². The van der Waals surface area contributed by atoms with Crippen LogP contribution >= 0.6 is 34.8 Å². The van der Waals surface area contributed by atoms with E-state index in [1.54, 1.807) is 89.1 Å². The molecular formula is C97H91Cl3F9N17O10. The van der Waals surface area contributed by atoms with Gasteiger partial charge in [-0.1, -0.05) is 96.1 Å². The zero-order valence-electron chi connectivity index (χ0n) is 75.7. The number of rotatable bonds is 12. The number of ether oxygens (including phenoxy) is 1. The Kier molecular flexibility index (Phi) is 25.6. The van der Waals surface area contributed by atoms with Crippen molar-refractivity contribution in [2.24, 2.45) is 0 Å². The summed E-state index contributed by atoms with van der Waals surface area (Å²) >= 11 is 21.0. The lowest BCUT2D eigenvalue weighted by Crippen LogP contribution is -2.61. The molecule has 6 atom stereocenters. The van der Waals surface area contributed by atoms with E-state index < -0.39 is 159 Å². The zero-order chi connectivity index (χ0) is 98.3. The van der Waals surface area contributed by atoms with E-state index in [1.807, 2.05) is 72.1 Å². The minimum atomic E-state index is -1.54. The third-order valence-corrected chi connectivity index (χ3v) is 26.9. The molecule has 39 heteroatoms. The van der Waals surface area contributed by atoms with Gasteiger partial charge in [0.1, 0.15) is 41.3 Å². The molecule has 0 saturated carbocycles. The van der Waals surface area contributed by atoms with Gasteiger partial charge in [-0.25, -0.2) is 53.9 Å². The molecule has 0 spiro atoms. The summed E-state index contributed by atoms with van der Waals surface area (Å²) in [5, 5.41) is 34.2. The standard InChI is InChI=1S/C33H32ClF3N6O3.C32H30ClF3N6O3.C32H29ClF3N5O4/c1-7-21(45)41-14-18-13-40(6)31-24-30(25(34)23(27(31)37)22-20(44)9-8-19(35)26(22)36)43(29-16(4)10-11-38-28(29)15(2)3)33(46)39-32(24)42(18)12-17(41)5;1-6-20(44)40-13-17-11-38-28-23-30(24(33)22(26(28)36)21-19(43)8-7-18(34)25(21)35)42(29-15(4)9-10-37-27(29)14(2)3)32(45)39-31(23)41(17)12-16(40)5;1-6-20(43)39-12-17-13-45-30-23-29(24(33)22(26(30)36)21-19(42)8-7-18(34)25(21)35)41(28-15(4)9-10-37-27(28)14(2)3)32(44)38-31(23)40(17)11-16(39)5/h7-11,15,17-18,44H,1,12-14H2,2-6H3;6-10,14,16-17,38,43H,1,11-13H2,2-5H3;6-10,14,16-17,42H,1,11-13H2,2-5H3. The van der Waals surface area contributed by atoms with Gasteiger partial charge < -0.3 is 59.7 Å². The van der Waals surface area contributed by atoms with Crippen molar-refractivity contribution in [2.75, 3.05) is 90.9 Å². The fourth-order valence-corrected chi connectivity index (χ4v) is 20.4. The second kappa shape index (κ2) is 36.5. The molecule has 3 fully saturated rings. The fourth-order valence-electron chi connectivity index (χ4n) is 19.3. The molecule has 6 unspecified atom stereocenters. The molecule has 6 aliphatic heterocycles. The molecule has 6 aromatic heterocycles. The van der Waals surface area contributed by atoms with Crippen LogP contribution in [0.5, 0.6) is 23.0 Å². The number of phenolic OH excluding ortho intramolecular Hbond substituents is 3. The molecule has 0 bridgehead atoms.